The van der Waals surface area contributed by atoms with Gasteiger partial charge in [0.05, 0.1) is 23.3 Å². The summed E-state index contributed by atoms with van der Waals surface area (Å²) >= 11 is 1.15. The van der Waals surface area contributed by atoms with Gasteiger partial charge in [-0.25, -0.2) is 4.98 Å². The summed E-state index contributed by atoms with van der Waals surface area (Å²) in [6.45, 7) is 2.63. The third-order valence-electron chi connectivity index (χ3n) is 4.98. The van der Waals surface area contributed by atoms with E-state index in [-0.39, 0.29) is 34.8 Å². The van der Waals surface area contributed by atoms with E-state index in [1.165, 1.54) is 29.2 Å². The molecule has 0 radical (unpaired) electrons. The van der Waals surface area contributed by atoms with Crippen LogP contribution in [0, 0.1) is 0 Å². The zero-order chi connectivity index (χ0) is 24.8. The molecule has 0 atom stereocenters. The minimum absolute atomic E-state index is 0.160. The fourth-order valence-corrected chi connectivity index (χ4v) is 4.06. The molecule has 1 N–H and O–H groups in total. The standard InChI is InChI=1S/C23H22F3N5O3S/c1-2-3-4-10-27-21(32)17-13-34-19(28-17)14-35-22-30-29-20(18-9-6-11-33-18)31(22)16-8-5-7-15(12-16)23(24,25)26/h5-9,11-13H,2-4,10,14H2,1H3,(H,27,32). The smallest absolute Gasteiger partial charge is 0.416 e. The van der Waals surface area contributed by atoms with Gasteiger partial charge >= 0.3 is 6.18 Å². The number of amides is 1. The average molecular weight is 506 g/mol. The molecule has 0 spiro atoms. The van der Waals surface area contributed by atoms with E-state index < -0.39 is 11.7 Å². The number of oxazole rings is 1. The Bertz CT molecular complexity index is 1270. The largest absolute Gasteiger partial charge is 0.461 e. The summed E-state index contributed by atoms with van der Waals surface area (Å²) in [6, 6.07) is 8.15. The van der Waals surface area contributed by atoms with Crippen LogP contribution in [0.4, 0.5) is 13.2 Å². The third kappa shape index (κ3) is 5.94. The molecule has 0 saturated carbocycles. The summed E-state index contributed by atoms with van der Waals surface area (Å²) in [5, 5.41) is 11.4. The number of aromatic nitrogens is 4. The van der Waals surface area contributed by atoms with Gasteiger partial charge < -0.3 is 14.2 Å². The molecule has 0 fully saturated rings. The Morgan fingerprint density at radius 1 is 1.14 bits per heavy atom. The summed E-state index contributed by atoms with van der Waals surface area (Å²) in [6.07, 6.45) is 1.16. The van der Waals surface area contributed by atoms with Crippen LogP contribution in [0.1, 0.15) is 48.1 Å². The number of thioether (sulfide) groups is 1. The van der Waals surface area contributed by atoms with Crippen LogP contribution in [0.5, 0.6) is 0 Å². The Kier molecular flexibility index (Phi) is 7.59. The Morgan fingerprint density at radius 3 is 2.74 bits per heavy atom. The lowest BCUT2D eigenvalue weighted by Crippen LogP contribution is -2.24. The number of nitrogens with zero attached hydrogens (tertiary/aromatic N) is 4. The molecule has 0 saturated heterocycles. The predicted molar refractivity (Wildman–Crippen MR) is 122 cm³/mol. The molecule has 1 aromatic carbocycles. The molecule has 184 valence electrons. The molecule has 0 unspecified atom stereocenters. The first-order valence-electron chi connectivity index (χ1n) is 10.9. The maximum atomic E-state index is 13.3. The van der Waals surface area contributed by atoms with Crippen molar-refractivity contribution in [2.75, 3.05) is 6.54 Å². The number of halogens is 3. The van der Waals surface area contributed by atoms with E-state index in [9.17, 15) is 18.0 Å². The molecule has 3 heterocycles. The van der Waals surface area contributed by atoms with E-state index in [0.29, 0.717) is 17.5 Å². The Morgan fingerprint density at radius 2 is 2.00 bits per heavy atom. The van der Waals surface area contributed by atoms with Crippen molar-refractivity contribution in [3.63, 3.8) is 0 Å². The van der Waals surface area contributed by atoms with E-state index in [0.717, 1.165) is 43.2 Å². The van der Waals surface area contributed by atoms with Crippen molar-refractivity contribution < 1.29 is 26.8 Å². The van der Waals surface area contributed by atoms with Gasteiger partial charge in [-0.2, -0.15) is 13.2 Å². The van der Waals surface area contributed by atoms with E-state index in [1.807, 2.05) is 0 Å². The number of carbonyl (C=O) groups excluding carboxylic acids is 1. The fourth-order valence-electron chi connectivity index (χ4n) is 3.26. The van der Waals surface area contributed by atoms with Crippen molar-refractivity contribution in [2.45, 2.75) is 43.3 Å². The molecular weight excluding hydrogens is 483 g/mol. The predicted octanol–water partition coefficient (Wildman–Crippen LogP) is 5.75. The van der Waals surface area contributed by atoms with Gasteiger partial charge in [-0.05, 0) is 36.8 Å². The molecule has 35 heavy (non-hydrogen) atoms. The van der Waals surface area contributed by atoms with Crippen LogP contribution in [-0.2, 0) is 11.9 Å². The minimum atomic E-state index is -4.51. The van der Waals surface area contributed by atoms with Crippen LogP contribution in [0.15, 0.2) is 62.9 Å². The van der Waals surface area contributed by atoms with Gasteiger partial charge in [0, 0.05) is 6.54 Å². The Hall–Kier alpha value is -3.54. The highest BCUT2D eigenvalue weighted by Crippen LogP contribution is 2.34. The summed E-state index contributed by atoms with van der Waals surface area (Å²) in [5.74, 6) is 0.717. The van der Waals surface area contributed by atoms with Crippen molar-refractivity contribution in [3.05, 3.63) is 66.1 Å². The molecule has 4 rings (SSSR count). The van der Waals surface area contributed by atoms with E-state index in [1.54, 1.807) is 12.1 Å². The number of benzene rings is 1. The lowest BCUT2D eigenvalue weighted by atomic mass is 10.2. The third-order valence-corrected chi connectivity index (χ3v) is 5.90. The zero-order valence-electron chi connectivity index (χ0n) is 18.7. The fraction of sp³-hybridized carbons (Fsp3) is 0.304. The second-order valence-electron chi connectivity index (χ2n) is 7.55. The van der Waals surface area contributed by atoms with Gasteiger partial charge in [-0.15, -0.1) is 10.2 Å². The van der Waals surface area contributed by atoms with Crippen LogP contribution < -0.4 is 5.32 Å². The maximum absolute atomic E-state index is 13.3. The molecule has 0 aliphatic carbocycles. The molecule has 0 aliphatic rings. The number of hydrogen-bond donors (Lipinski definition) is 1. The van der Waals surface area contributed by atoms with Crippen LogP contribution in [0.25, 0.3) is 17.3 Å². The number of rotatable bonds is 10. The number of unbranched alkanes of at least 4 members (excludes halogenated alkanes) is 2. The van der Waals surface area contributed by atoms with Gasteiger partial charge in [-0.1, -0.05) is 37.6 Å². The quantitative estimate of drug-likeness (QED) is 0.217. The molecule has 12 heteroatoms. The van der Waals surface area contributed by atoms with Crippen molar-refractivity contribution >= 4 is 17.7 Å². The van der Waals surface area contributed by atoms with E-state index in [2.05, 4.69) is 27.4 Å². The molecule has 1 amide bonds. The van der Waals surface area contributed by atoms with Gasteiger partial charge in [-0.3, -0.25) is 9.36 Å². The van der Waals surface area contributed by atoms with Crippen LogP contribution in [-0.4, -0.2) is 32.2 Å². The number of nitrogens with one attached hydrogen (secondary N) is 1. The van der Waals surface area contributed by atoms with Crippen molar-refractivity contribution in [2.24, 2.45) is 0 Å². The van der Waals surface area contributed by atoms with E-state index in [4.69, 9.17) is 8.83 Å². The first-order chi connectivity index (χ1) is 16.9. The maximum Gasteiger partial charge on any atom is 0.416 e. The summed E-state index contributed by atoms with van der Waals surface area (Å²) in [7, 11) is 0. The Balaban J connectivity index is 1.55. The van der Waals surface area contributed by atoms with E-state index >= 15 is 0 Å². The normalized spacial score (nSPS) is 11.7. The van der Waals surface area contributed by atoms with Gasteiger partial charge in [0.2, 0.25) is 11.7 Å². The van der Waals surface area contributed by atoms with Crippen LogP contribution in [0.3, 0.4) is 0 Å². The number of carbonyl (C=O) groups is 1. The van der Waals surface area contributed by atoms with Crippen molar-refractivity contribution in [1.29, 1.82) is 0 Å². The zero-order valence-corrected chi connectivity index (χ0v) is 19.5. The summed E-state index contributed by atoms with van der Waals surface area (Å²) in [5.41, 5.74) is -0.418. The van der Waals surface area contributed by atoms with Gasteiger partial charge in [0.15, 0.2) is 16.6 Å². The molecule has 4 aromatic rings. The molecule has 0 aliphatic heterocycles. The molecular formula is C23H22F3N5O3S. The molecule has 0 bridgehead atoms. The lowest BCUT2D eigenvalue weighted by molar-refractivity contribution is -0.137. The highest BCUT2D eigenvalue weighted by molar-refractivity contribution is 7.98. The highest BCUT2D eigenvalue weighted by Gasteiger charge is 2.31. The first kappa shape index (κ1) is 24.6. The van der Waals surface area contributed by atoms with Crippen molar-refractivity contribution in [1.82, 2.24) is 25.1 Å². The summed E-state index contributed by atoms with van der Waals surface area (Å²) in [4.78, 5) is 16.4. The van der Waals surface area contributed by atoms with Crippen LogP contribution in [0.2, 0.25) is 0 Å². The SMILES string of the molecule is CCCCCNC(=O)c1coc(CSc2nnc(-c3ccco3)n2-c2cccc(C(F)(F)F)c2)n1. The summed E-state index contributed by atoms with van der Waals surface area (Å²) < 4.78 is 52.2. The number of hydrogen-bond acceptors (Lipinski definition) is 7. The topological polar surface area (TPSA) is 99.0 Å². The highest BCUT2D eigenvalue weighted by atomic mass is 32.2. The second kappa shape index (κ2) is 10.8. The van der Waals surface area contributed by atoms with Crippen molar-refractivity contribution in [3.8, 4) is 17.3 Å². The van der Waals surface area contributed by atoms with Gasteiger partial charge in [0.25, 0.3) is 5.91 Å². The second-order valence-corrected chi connectivity index (χ2v) is 8.49. The molecule has 8 nitrogen and oxygen atoms in total. The first-order valence-corrected chi connectivity index (χ1v) is 11.9. The molecule has 3 aromatic heterocycles. The minimum Gasteiger partial charge on any atom is -0.461 e. The number of alkyl halides is 3. The van der Waals surface area contributed by atoms with Crippen LogP contribution >= 0.6 is 11.8 Å². The Labute approximate surface area is 202 Å². The average Bonchev–Trinajstić information content (AvgIpc) is 3.60. The monoisotopic (exact) mass is 505 g/mol. The lowest BCUT2D eigenvalue weighted by Gasteiger charge is -2.12. The number of furan rings is 1. The van der Waals surface area contributed by atoms with Gasteiger partial charge in [0.1, 0.15) is 6.26 Å².